The van der Waals surface area contributed by atoms with Gasteiger partial charge in [0, 0.05) is 13.6 Å². The molecule has 0 radical (unpaired) electrons. The molecule has 2 atom stereocenters. The molecule has 0 amide bonds. The molecule has 18 heavy (non-hydrogen) atoms. The van der Waals surface area contributed by atoms with Gasteiger partial charge >= 0.3 is 0 Å². The zero-order valence-electron chi connectivity index (χ0n) is 11.5. The van der Waals surface area contributed by atoms with E-state index in [4.69, 9.17) is 5.26 Å². The first-order valence-electron chi connectivity index (χ1n) is 6.79. The molecule has 1 aliphatic rings. The molecule has 4 heteroatoms. The maximum absolute atomic E-state index is 9.15. The van der Waals surface area contributed by atoms with Crippen molar-refractivity contribution in [3.05, 3.63) is 11.3 Å². The van der Waals surface area contributed by atoms with Gasteiger partial charge in [-0.3, -0.25) is 4.68 Å². The number of hydrogen-bond donors (Lipinski definition) is 1. The minimum Gasteiger partial charge on any atom is -0.369 e. The number of aryl methyl sites for hydroxylation is 2. The van der Waals surface area contributed by atoms with Crippen molar-refractivity contribution < 1.29 is 0 Å². The van der Waals surface area contributed by atoms with E-state index in [0.29, 0.717) is 5.56 Å². The smallest absolute Gasteiger partial charge is 0.142 e. The molecule has 0 aromatic carbocycles. The van der Waals surface area contributed by atoms with Crippen LogP contribution < -0.4 is 5.32 Å². The van der Waals surface area contributed by atoms with Gasteiger partial charge < -0.3 is 5.32 Å². The van der Waals surface area contributed by atoms with Crippen LogP contribution in [0.4, 0.5) is 5.82 Å². The lowest BCUT2D eigenvalue weighted by Gasteiger charge is -2.27. The molecule has 1 saturated carbocycles. The van der Waals surface area contributed by atoms with Crippen molar-refractivity contribution in [2.75, 3.05) is 11.9 Å². The van der Waals surface area contributed by atoms with Crippen molar-refractivity contribution in [1.29, 1.82) is 5.26 Å². The van der Waals surface area contributed by atoms with E-state index in [1.807, 2.05) is 14.0 Å². The van der Waals surface area contributed by atoms with Crippen LogP contribution in [0.3, 0.4) is 0 Å². The zero-order valence-corrected chi connectivity index (χ0v) is 11.5. The van der Waals surface area contributed by atoms with Crippen LogP contribution in [0.2, 0.25) is 0 Å². The first kappa shape index (κ1) is 12.9. The molecule has 0 saturated heterocycles. The van der Waals surface area contributed by atoms with Crippen LogP contribution in [0.25, 0.3) is 0 Å². The monoisotopic (exact) mass is 246 g/mol. The number of hydrogen-bond acceptors (Lipinski definition) is 3. The van der Waals surface area contributed by atoms with E-state index in [9.17, 15) is 0 Å². The Morgan fingerprint density at radius 2 is 2.28 bits per heavy atom. The van der Waals surface area contributed by atoms with Crippen LogP contribution >= 0.6 is 0 Å². The summed E-state index contributed by atoms with van der Waals surface area (Å²) in [6, 6.07) is 2.24. The molecule has 1 aliphatic carbocycles. The Labute approximate surface area is 109 Å². The lowest BCUT2D eigenvalue weighted by atomic mass is 9.82. The second-order valence-electron chi connectivity index (χ2n) is 5.56. The first-order valence-corrected chi connectivity index (χ1v) is 6.79. The van der Waals surface area contributed by atoms with Gasteiger partial charge in [-0.1, -0.05) is 19.8 Å². The molecule has 1 fully saturated rings. The third-order valence-corrected chi connectivity index (χ3v) is 3.94. The molecular weight excluding hydrogens is 224 g/mol. The number of nitrogens with one attached hydrogen (secondary N) is 1. The van der Waals surface area contributed by atoms with E-state index in [1.165, 1.54) is 25.7 Å². The Bertz CT molecular complexity index is 455. The molecule has 1 N–H and O–H groups in total. The summed E-state index contributed by atoms with van der Waals surface area (Å²) in [5.74, 6) is 2.44. The lowest BCUT2D eigenvalue weighted by Crippen LogP contribution is -2.22. The summed E-state index contributed by atoms with van der Waals surface area (Å²) in [7, 11) is 1.89. The van der Waals surface area contributed by atoms with Gasteiger partial charge in [-0.15, -0.1) is 0 Å². The van der Waals surface area contributed by atoms with Gasteiger partial charge in [0.2, 0.25) is 0 Å². The highest BCUT2D eigenvalue weighted by atomic mass is 15.3. The summed E-state index contributed by atoms with van der Waals surface area (Å²) in [6.07, 6.45) is 5.30. The van der Waals surface area contributed by atoms with Gasteiger partial charge in [-0.05, 0) is 31.6 Å². The molecule has 0 aliphatic heterocycles. The van der Waals surface area contributed by atoms with E-state index >= 15 is 0 Å². The van der Waals surface area contributed by atoms with Crippen molar-refractivity contribution in [3.63, 3.8) is 0 Å². The van der Waals surface area contributed by atoms with Crippen molar-refractivity contribution >= 4 is 5.82 Å². The standard InChI is InChI=1S/C14H22N4/c1-10-5-4-6-12(7-10)9-16-14-13(8-15)11(2)17-18(14)3/h10,12,16H,4-7,9H2,1-3H3. The molecule has 0 spiro atoms. The average Bonchev–Trinajstić information content (AvgIpc) is 2.60. The fourth-order valence-corrected chi connectivity index (χ4v) is 2.98. The molecule has 1 heterocycles. The van der Waals surface area contributed by atoms with E-state index < -0.39 is 0 Å². The van der Waals surface area contributed by atoms with E-state index in [0.717, 1.165) is 29.9 Å². The number of anilines is 1. The third-order valence-electron chi connectivity index (χ3n) is 3.94. The maximum atomic E-state index is 9.15. The Hall–Kier alpha value is -1.50. The van der Waals surface area contributed by atoms with Gasteiger partial charge in [-0.2, -0.15) is 10.4 Å². The van der Waals surface area contributed by atoms with Crippen molar-refractivity contribution in [1.82, 2.24) is 9.78 Å². The molecule has 1 aromatic rings. The van der Waals surface area contributed by atoms with Crippen LogP contribution in [0.5, 0.6) is 0 Å². The number of aromatic nitrogens is 2. The molecule has 98 valence electrons. The predicted octanol–water partition coefficient (Wildman–Crippen LogP) is 2.84. The molecule has 0 bridgehead atoms. The summed E-state index contributed by atoms with van der Waals surface area (Å²) in [5, 5.41) is 16.9. The average molecular weight is 246 g/mol. The Kier molecular flexibility index (Phi) is 3.90. The van der Waals surface area contributed by atoms with Crippen molar-refractivity contribution in [2.45, 2.75) is 39.5 Å². The topological polar surface area (TPSA) is 53.6 Å². The molecule has 4 nitrogen and oxygen atoms in total. The largest absolute Gasteiger partial charge is 0.369 e. The molecule has 2 rings (SSSR count). The van der Waals surface area contributed by atoms with Crippen LogP contribution in [0.15, 0.2) is 0 Å². The van der Waals surface area contributed by atoms with Crippen LogP contribution in [0.1, 0.15) is 43.9 Å². The Morgan fingerprint density at radius 1 is 1.50 bits per heavy atom. The summed E-state index contributed by atoms with van der Waals surface area (Å²) in [5.41, 5.74) is 1.49. The summed E-state index contributed by atoms with van der Waals surface area (Å²) in [4.78, 5) is 0. The molecule has 2 unspecified atom stereocenters. The first-order chi connectivity index (χ1) is 8.61. The van der Waals surface area contributed by atoms with Gasteiger partial charge in [0.15, 0.2) is 0 Å². The summed E-state index contributed by atoms with van der Waals surface area (Å²) >= 11 is 0. The van der Waals surface area contributed by atoms with Gasteiger partial charge in [-0.25, -0.2) is 0 Å². The third kappa shape index (κ3) is 2.66. The fraction of sp³-hybridized carbons (Fsp3) is 0.714. The second-order valence-corrected chi connectivity index (χ2v) is 5.56. The van der Waals surface area contributed by atoms with Gasteiger partial charge in [0.1, 0.15) is 17.5 Å². The SMILES string of the molecule is Cc1nn(C)c(NCC2CCCC(C)C2)c1C#N. The highest BCUT2D eigenvalue weighted by Gasteiger charge is 2.20. The van der Waals surface area contributed by atoms with Crippen LogP contribution in [-0.4, -0.2) is 16.3 Å². The predicted molar refractivity (Wildman–Crippen MR) is 72.3 cm³/mol. The van der Waals surface area contributed by atoms with Crippen molar-refractivity contribution in [2.24, 2.45) is 18.9 Å². The summed E-state index contributed by atoms with van der Waals surface area (Å²) < 4.78 is 1.78. The van der Waals surface area contributed by atoms with Crippen LogP contribution in [-0.2, 0) is 7.05 Å². The zero-order chi connectivity index (χ0) is 13.1. The molecule has 1 aromatic heterocycles. The van der Waals surface area contributed by atoms with Gasteiger partial charge in [0.05, 0.1) is 5.69 Å². The maximum Gasteiger partial charge on any atom is 0.142 e. The Balaban J connectivity index is 2.00. The van der Waals surface area contributed by atoms with Crippen molar-refractivity contribution in [3.8, 4) is 6.07 Å². The highest BCUT2D eigenvalue weighted by Crippen LogP contribution is 2.29. The number of nitriles is 1. The Morgan fingerprint density at radius 3 is 2.94 bits per heavy atom. The summed E-state index contributed by atoms with van der Waals surface area (Å²) in [6.45, 7) is 5.17. The fourth-order valence-electron chi connectivity index (χ4n) is 2.98. The normalized spacial score (nSPS) is 23.7. The van der Waals surface area contributed by atoms with Crippen LogP contribution in [0, 0.1) is 30.1 Å². The molecular formula is C14H22N4. The lowest BCUT2D eigenvalue weighted by molar-refractivity contribution is 0.293. The quantitative estimate of drug-likeness (QED) is 0.892. The van der Waals surface area contributed by atoms with E-state index in [1.54, 1.807) is 4.68 Å². The minimum absolute atomic E-state index is 0.682. The second kappa shape index (κ2) is 5.43. The van der Waals surface area contributed by atoms with E-state index in [2.05, 4.69) is 23.4 Å². The highest BCUT2D eigenvalue weighted by molar-refractivity contribution is 5.54. The number of rotatable bonds is 3. The minimum atomic E-state index is 0.682. The van der Waals surface area contributed by atoms with E-state index in [-0.39, 0.29) is 0 Å². The van der Waals surface area contributed by atoms with Gasteiger partial charge in [0.25, 0.3) is 0 Å². The number of nitrogens with zero attached hydrogens (tertiary/aromatic N) is 3.